The molecule has 0 bridgehead atoms. The van der Waals surface area contributed by atoms with Crippen LogP contribution in [0.4, 0.5) is 10.1 Å². The van der Waals surface area contributed by atoms with Crippen molar-refractivity contribution >= 4 is 27.5 Å². The van der Waals surface area contributed by atoms with Crippen molar-refractivity contribution in [2.45, 2.75) is 6.54 Å². The van der Waals surface area contributed by atoms with Crippen LogP contribution in [-0.4, -0.2) is 5.91 Å². The first-order chi connectivity index (χ1) is 9.08. The molecule has 0 fully saturated rings. The number of primary amides is 1. The number of benzene rings is 2. The second-order valence-corrected chi connectivity index (χ2v) is 4.86. The van der Waals surface area contributed by atoms with E-state index in [0.717, 1.165) is 16.2 Å². The Morgan fingerprint density at radius 3 is 2.63 bits per heavy atom. The van der Waals surface area contributed by atoms with Crippen molar-refractivity contribution in [3.05, 3.63) is 63.9 Å². The van der Waals surface area contributed by atoms with Crippen LogP contribution in [-0.2, 0) is 6.54 Å². The number of para-hydroxylation sites is 1. The molecule has 5 heteroatoms. The lowest BCUT2D eigenvalue weighted by atomic mass is 10.1. The summed E-state index contributed by atoms with van der Waals surface area (Å²) >= 11 is 3.40. The second kappa shape index (κ2) is 5.84. The monoisotopic (exact) mass is 322 g/mol. The number of nitrogens with two attached hydrogens (primary N) is 1. The Balaban J connectivity index is 2.12. The standard InChI is InChI=1S/C14H12BrFN2O/c15-11-3-1-2-4-13(11)18-8-10-6-5-9(14(17)19)7-12(10)16/h1-7,18H,8H2,(H2,17,19). The van der Waals surface area contributed by atoms with Crippen molar-refractivity contribution in [1.29, 1.82) is 0 Å². The lowest BCUT2D eigenvalue weighted by Gasteiger charge is -2.09. The SMILES string of the molecule is NC(=O)c1ccc(CNc2ccccc2Br)c(F)c1. The van der Waals surface area contributed by atoms with Crippen LogP contribution in [0.15, 0.2) is 46.9 Å². The van der Waals surface area contributed by atoms with E-state index in [4.69, 9.17) is 5.73 Å². The molecule has 98 valence electrons. The summed E-state index contributed by atoms with van der Waals surface area (Å²) in [7, 11) is 0. The molecule has 2 aromatic carbocycles. The normalized spacial score (nSPS) is 10.2. The first-order valence-corrected chi connectivity index (χ1v) is 6.44. The lowest BCUT2D eigenvalue weighted by Crippen LogP contribution is -2.12. The number of amides is 1. The molecule has 0 heterocycles. The third-order valence-corrected chi connectivity index (χ3v) is 3.37. The van der Waals surface area contributed by atoms with E-state index >= 15 is 0 Å². The van der Waals surface area contributed by atoms with Gasteiger partial charge in [0.25, 0.3) is 0 Å². The zero-order valence-corrected chi connectivity index (χ0v) is 11.6. The first-order valence-electron chi connectivity index (χ1n) is 5.64. The summed E-state index contributed by atoms with van der Waals surface area (Å²) in [6.45, 7) is 0.327. The Kier molecular flexibility index (Phi) is 4.16. The van der Waals surface area contributed by atoms with Crippen molar-refractivity contribution in [2.24, 2.45) is 5.73 Å². The minimum absolute atomic E-state index is 0.169. The van der Waals surface area contributed by atoms with Gasteiger partial charge in [0.1, 0.15) is 5.82 Å². The van der Waals surface area contributed by atoms with Crippen LogP contribution in [0.25, 0.3) is 0 Å². The molecule has 19 heavy (non-hydrogen) atoms. The quantitative estimate of drug-likeness (QED) is 0.907. The van der Waals surface area contributed by atoms with Gasteiger partial charge in [-0.3, -0.25) is 4.79 Å². The number of rotatable bonds is 4. The molecular formula is C14H12BrFN2O. The van der Waals surface area contributed by atoms with Gasteiger partial charge in [-0.1, -0.05) is 18.2 Å². The molecule has 3 nitrogen and oxygen atoms in total. The topological polar surface area (TPSA) is 55.1 Å². The molecule has 1 amide bonds. The average molecular weight is 323 g/mol. The predicted molar refractivity (Wildman–Crippen MR) is 76.4 cm³/mol. The highest BCUT2D eigenvalue weighted by molar-refractivity contribution is 9.10. The molecule has 0 aliphatic carbocycles. The highest BCUT2D eigenvalue weighted by Gasteiger charge is 2.07. The van der Waals surface area contributed by atoms with E-state index < -0.39 is 11.7 Å². The van der Waals surface area contributed by atoms with E-state index in [-0.39, 0.29) is 5.56 Å². The van der Waals surface area contributed by atoms with E-state index in [1.807, 2.05) is 24.3 Å². The largest absolute Gasteiger partial charge is 0.380 e. The number of halogens is 2. The van der Waals surface area contributed by atoms with Crippen LogP contribution >= 0.6 is 15.9 Å². The number of hydrogen-bond donors (Lipinski definition) is 2. The Bertz CT molecular complexity index is 616. The number of carbonyl (C=O) groups excluding carboxylic acids is 1. The summed E-state index contributed by atoms with van der Waals surface area (Å²) in [5.41, 5.74) is 6.61. The fraction of sp³-hybridized carbons (Fsp3) is 0.0714. The highest BCUT2D eigenvalue weighted by Crippen LogP contribution is 2.22. The number of nitrogens with one attached hydrogen (secondary N) is 1. The fourth-order valence-corrected chi connectivity index (χ4v) is 2.06. The maximum Gasteiger partial charge on any atom is 0.248 e. The van der Waals surface area contributed by atoms with Crippen molar-refractivity contribution in [2.75, 3.05) is 5.32 Å². The van der Waals surface area contributed by atoms with Crippen molar-refractivity contribution in [1.82, 2.24) is 0 Å². The molecule has 0 saturated heterocycles. The molecule has 0 unspecified atom stereocenters. The van der Waals surface area contributed by atoms with E-state index in [9.17, 15) is 9.18 Å². The first kappa shape index (κ1) is 13.5. The molecular weight excluding hydrogens is 311 g/mol. The second-order valence-electron chi connectivity index (χ2n) is 4.00. The van der Waals surface area contributed by atoms with Gasteiger partial charge in [-0.2, -0.15) is 0 Å². The zero-order chi connectivity index (χ0) is 13.8. The number of anilines is 1. The molecule has 3 N–H and O–H groups in total. The Morgan fingerprint density at radius 2 is 2.00 bits per heavy atom. The summed E-state index contributed by atoms with van der Waals surface area (Å²) in [6, 6.07) is 11.8. The molecule has 0 spiro atoms. The van der Waals surface area contributed by atoms with Crippen LogP contribution in [0.1, 0.15) is 15.9 Å². The van der Waals surface area contributed by atoms with Crippen LogP contribution in [0.5, 0.6) is 0 Å². The van der Waals surface area contributed by atoms with Crippen LogP contribution in [0, 0.1) is 5.82 Å². The molecule has 2 aromatic rings. The molecule has 2 rings (SSSR count). The molecule has 0 aliphatic rings. The fourth-order valence-electron chi connectivity index (χ4n) is 1.64. The van der Waals surface area contributed by atoms with E-state index in [2.05, 4.69) is 21.2 Å². The summed E-state index contributed by atoms with van der Waals surface area (Å²) in [4.78, 5) is 10.9. The maximum atomic E-state index is 13.8. The van der Waals surface area contributed by atoms with Crippen molar-refractivity contribution < 1.29 is 9.18 Å². The van der Waals surface area contributed by atoms with Crippen LogP contribution in [0.3, 0.4) is 0 Å². The molecule has 0 radical (unpaired) electrons. The van der Waals surface area contributed by atoms with Gasteiger partial charge < -0.3 is 11.1 Å². The third-order valence-electron chi connectivity index (χ3n) is 2.68. The molecule has 0 saturated carbocycles. The van der Waals surface area contributed by atoms with Gasteiger partial charge in [-0.05, 0) is 40.2 Å². The van der Waals surface area contributed by atoms with Crippen LogP contribution in [0.2, 0.25) is 0 Å². The van der Waals surface area contributed by atoms with Crippen molar-refractivity contribution in [3.8, 4) is 0 Å². The van der Waals surface area contributed by atoms with Gasteiger partial charge in [0.15, 0.2) is 0 Å². The van der Waals surface area contributed by atoms with Gasteiger partial charge in [0, 0.05) is 27.8 Å². The minimum Gasteiger partial charge on any atom is -0.380 e. The summed E-state index contributed by atoms with van der Waals surface area (Å²) < 4.78 is 14.7. The Hall–Kier alpha value is -1.88. The predicted octanol–water partition coefficient (Wildman–Crippen LogP) is 3.30. The smallest absolute Gasteiger partial charge is 0.248 e. The molecule has 0 aromatic heterocycles. The zero-order valence-electron chi connectivity index (χ0n) is 9.99. The van der Waals surface area contributed by atoms with Crippen LogP contribution < -0.4 is 11.1 Å². The lowest BCUT2D eigenvalue weighted by molar-refractivity contribution is 0.1000. The Morgan fingerprint density at radius 1 is 1.26 bits per heavy atom. The van der Waals surface area contributed by atoms with Crippen molar-refractivity contribution in [3.63, 3.8) is 0 Å². The number of hydrogen-bond acceptors (Lipinski definition) is 2. The van der Waals surface area contributed by atoms with Gasteiger partial charge in [-0.25, -0.2) is 4.39 Å². The van der Waals surface area contributed by atoms with E-state index in [1.165, 1.54) is 6.07 Å². The summed E-state index contributed by atoms with van der Waals surface area (Å²) in [5.74, 6) is -1.08. The van der Waals surface area contributed by atoms with Gasteiger partial charge in [0.2, 0.25) is 5.91 Å². The number of carbonyl (C=O) groups is 1. The summed E-state index contributed by atoms with van der Waals surface area (Å²) in [6.07, 6.45) is 0. The highest BCUT2D eigenvalue weighted by atomic mass is 79.9. The third kappa shape index (κ3) is 3.32. The molecule has 0 aliphatic heterocycles. The van der Waals surface area contributed by atoms with Gasteiger partial charge in [0.05, 0.1) is 0 Å². The Labute approximate surface area is 118 Å². The minimum atomic E-state index is -0.635. The molecule has 0 atom stereocenters. The maximum absolute atomic E-state index is 13.8. The van der Waals surface area contributed by atoms with Gasteiger partial charge >= 0.3 is 0 Å². The van der Waals surface area contributed by atoms with E-state index in [1.54, 1.807) is 6.07 Å². The van der Waals surface area contributed by atoms with Gasteiger partial charge in [-0.15, -0.1) is 0 Å². The summed E-state index contributed by atoms with van der Waals surface area (Å²) in [5, 5.41) is 3.12. The van der Waals surface area contributed by atoms with E-state index in [0.29, 0.717) is 12.1 Å². The average Bonchev–Trinajstić information content (AvgIpc) is 2.39.